The molecule has 0 saturated carbocycles. The number of sulfone groups is 1. The van der Waals surface area contributed by atoms with E-state index in [2.05, 4.69) is 24.1 Å². The number of nitrogens with one attached hydrogen (secondary N) is 1. The fraction of sp³-hybridized carbons (Fsp3) is 0.381. The first-order valence-corrected chi connectivity index (χ1v) is 11.3. The van der Waals surface area contributed by atoms with E-state index in [1.54, 1.807) is 37.4 Å². The van der Waals surface area contributed by atoms with Crippen molar-refractivity contribution in [2.75, 3.05) is 44.9 Å². The smallest absolute Gasteiger partial charge is 0.256 e. The molecule has 1 N–H and O–H groups in total. The molecule has 2 rings (SSSR count). The lowest BCUT2D eigenvalue weighted by molar-refractivity contribution is 0.102. The van der Waals surface area contributed by atoms with Gasteiger partial charge in [-0.1, -0.05) is 26.0 Å². The Morgan fingerprint density at radius 1 is 1.07 bits per heavy atom. The molecule has 0 heterocycles. The first-order valence-electron chi connectivity index (χ1n) is 9.43. The quantitative estimate of drug-likeness (QED) is 0.636. The number of hydrogen-bond acceptors (Lipinski definition) is 6. The summed E-state index contributed by atoms with van der Waals surface area (Å²) in [6.45, 7) is 7.31. The van der Waals surface area contributed by atoms with E-state index < -0.39 is 15.7 Å². The van der Waals surface area contributed by atoms with Crippen LogP contribution in [0.2, 0.25) is 0 Å². The van der Waals surface area contributed by atoms with Crippen molar-refractivity contribution in [3.63, 3.8) is 0 Å². The second kappa shape index (κ2) is 10.3. The molecule has 1 amide bonds. The number of ether oxygens (including phenoxy) is 2. The van der Waals surface area contributed by atoms with Gasteiger partial charge in [-0.25, -0.2) is 8.42 Å². The van der Waals surface area contributed by atoms with Crippen molar-refractivity contribution in [1.82, 2.24) is 4.90 Å². The molecule has 7 nitrogen and oxygen atoms in total. The van der Waals surface area contributed by atoms with Crippen LogP contribution in [0.25, 0.3) is 0 Å². The van der Waals surface area contributed by atoms with Crippen LogP contribution < -0.4 is 14.8 Å². The largest absolute Gasteiger partial charge is 0.493 e. The molecule has 2 aromatic carbocycles. The fourth-order valence-electron chi connectivity index (χ4n) is 2.87. The molecule has 158 valence electrons. The zero-order valence-electron chi connectivity index (χ0n) is 17.3. The predicted molar refractivity (Wildman–Crippen MR) is 114 cm³/mol. The van der Waals surface area contributed by atoms with E-state index in [4.69, 9.17) is 9.47 Å². The van der Waals surface area contributed by atoms with E-state index in [1.807, 2.05) is 0 Å². The molecule has 8 heteroatoms. The van der Waals surface area contributed by atoms with Crippen molar-refractivity contribution < 1.29 is 22.7 Å². The summed E-state index contributed by atoms with van der Waals surface area (Å²) >= 11 is 0. The summed E-state index contributed by atoms with van der Waals surface area (Å²) in [7, 11) is -1.98. The third-order valence-corrected chi connectivity index (χ3v) is 5.67. The van der Waals surface area contributed by atoms with Crippen LogP contribution in [0, 0.1) is 0 Å². The van der Waals surface area contributed by atoms with Gasteiger partial charge in [0.25, 0.3) is 5.91 Å². The van der Waals surface area contributed by atoms with Gasteiger partial charge >= 0.3 is 0 Å². The van der Waals surface area contributed by atoms with Gasteiger partial charge in [-0.05, 0) is 37.4 Å². The number of methoxy groups -OCH3 is 1. The standard InChI is InChI=1S/C21H28N2O5S/c1-5-23(6-2)13-14-28-19-15-16(11-12-18(19)27-3)22-21(24)17-9-7-8-10-20(17)29(4,25)26/h7-12,15H,5-6,13-14H2,1-4H3,(H,22,24). The average molecular weight is 421 g/mol. The Morgan fingerprint density at radius 3 is 2.38 bits per heavy atom. The Hall–Kier alpha value is -2.58. The van der Waals surface area contributed by atoms with E-state index in [-0.39, 0.29) is 10.5 Å². The Kier molecular flexibility index (Phi) is 8.04. The number of rotatable bonds is 10. The SMILES string of the molecule is CCN(CC)CCOc1cc(NC(=O)c2ccccc2S(C)(=O)=O)ccc1OC. The number of carbonyl (C=O) groups excluding carboxylic acids is 1. The van der Waals surface area contributed by atoms with E-state index in [9.17, 15) is 13.2 Å². The van der Waals surface area contributed by atoms with Gasteiger partial charge in [0.15, 0.2) is 21.3 Å². The number of likely N-dealkylation sites (N-methyl/N-ethyl adjacent to an activating group) is 1. The minimum atomic E-state index is -3.53. The molecule has 0 spiro atoms. The molecular weight excluding hydrogens is 392 g/mol. The molecule has 0 aromatic heterocycles. The van der Waals surface area contributed by atoms with E-state index in [0.29, 0.717) is 23.8 Å². The lowest BCUT2D eigenvalue weighted by Crippen LogP contribution is -2.28. The lowest BCUT2D eigenvalue weighted by Gasteiger charge is -2.19. The van der Waals surface area contributed by atoms with Crippen molar-refractivity contribution in [3.8, 4) is 11.5 Å². The summed E-state index contributed by atoms with van der Waals surface area (Å²) in [4.78, 5) is 14.9. The van der Waals surface area contributed by atoms with Crippen LogP contribution in [0.3, 0.4) is 0 Å². The van der Waals surface area contributed by atoms with E-state index >= 15 is 0 Å². The molecule has 0 aliphatic heterocycles. The van der Waals surface area contributed by atoms with Crippen LogP contribution in [-0.2, 0) is 9.84 Å². The van der Waals surface area contributed by atoms with Crippen LogP contribution in [0.4, 0.5) is 5.69 Å². The first kappa shape index (κ1) is 22.7. The maximum atomic E-state index is 12.7. The van der Waals surface area contributed by atoms with Crippen molar-refractivity contribution in [2.24, 2.45) is 0 Å². The van der Waals surface area contributed by atoms with Gasteiger partial charge in [0.2, 0.25) is 0 Å². The van der Waals surface area contributed by atoms with Crippen molar-refractivity contribution in [1.29, 1.82) is 0 Å². The van der Waals surface area contributed by atoms with Crippen LogP contribution in [-0.4, -0.2) is 58.8 Å². The minimum absolute atomic E-state index is 0.0123. The second-order valence-corrected chi connectivity index (χ2v) is 8.45. The molecule has 0 unspecified atom stereocenters. The second-order valence-electron chi connectivity index (χ2n) is 6.46. The van der Waals surface area contributed by atoms with Gasteiger partial charge in [0.1, 0.15) is 6.61 Å². The van der Waals surface area contributed by atoms with Crippen LogP contribution in [0.5, 0.6) is 11.5 Å². The van der Waals surface area contributed by atoms with E-state index in [0.717, 1.165) is 25.9 Å². The molecule has 0 aliphatic carbocycles. The molecule has 0 saturated heterocycles. The number of anilines is 1. The van der Waals surface area contributed by atoms with Gasteiger partial charge in [0.05, 0.1) is 17.6 Å². The number of benzene rings is 2. The third kappa shape index (κ3) is 6.20. The Bertz CT molecular complexity index is 940. The maximum Gasteiger partial charge on any atom is 0.256 e. The Labute approximate surface area is 172 Å². The third-order valence-electron chi connectivity index (χ3n) is 4.51. The summed E-state index contributed by atoms with van der Waals surface area (Å²) < 4.78 is 35.1. The number of nitrogens with zero attached hydrogens (tertiary/aromatic N) is 1. The molecule has 0 fully saturated rings. The molecular formula is C21H28N2O5S. The fourth-order valence-corrected chi connectivity index (χ4v) is 3.75. The molecule has 0 aliphatic rings. The number of carbonyl (C=O) groups is 1. The topological polar surface area (TPSA) is 84.9 Å². The normalized spacial score (nSPS) is 11.3. The summed E-state index contributed by atoms with van der Waals surface area (Å²) in [6, 6.07) is 11.2. The zero-order chi connectivity index (χ0) is 21.4. The molecule has 29 heavy (non-hydrogen) atoms. The highest BCUT2D eigenvalue weighted by molar-refractivity contribution is 7.90. The molecule has 2 aromatic rings. The average Bonchev–Trinajstić information content (AvgIpc) is 2.70. The highest BCUT2D eigenvalue weighted by Crippen LogP contribution is 2.30. The van der Waals surface area contributed by atoms with Crippen LogP contribution in [0.15, 0.2) is 47.4 Å². The van der Waals surface area contributed by atoms with Crippen LogP contribution >= 0.6 is 0 Å². The minimum Gasteiger partial charge on any atom is -0.493 e. The van der Waals surface area contributed by atoms with Crippen molar-refractivity contribution >= 4 is 21.4 Å². The number of amides is 1. The molecule has 0 bridgehead atoms. The zero-order valence-corrected chi connectivity index (χ0v) is 18.1. The lowest BCUT2D eigenvalue weighted by atomic mass is 10.2. The monoisotopic (exact) mass is 420 g/mol. The summed E-state index contributed by atoms with van der Waals surface area (Å²) in [6.07, 6.45) is 1.08. The Morgan fingerprint density at radius 2 is 1.76 bits per heavy atom. The van der Waals surface area contributed by atoms with Gasteiger partial charge in [0, 0.05) is 24.6 Å². The highest BCUT2D eigenvalue weighted by atomic mass is 32.2. The highest BCUT2D eigenvalue weighted by Gasteiger charge is 2.18. The molecule has 0 radical (unpaired) electrons. The predicted octanol–water partition coefficient (Wildman–Crippen LogP) is 3.07. The van der Waals surface area contributed by atoms with Crippen molar-refractivity contribution in [2.45, 2.75) is 18.7 Å². The summed E-state index contributed by atoms with van der Waals surface area (Å²) in [5, 5.41) is 2.73. The summed E-state index contributed by atoms with van der Waals surface area (Å²) in [5.74, 6) is 0.554. The van der Waals surface area contributed by atoms with Gasteiger partial charge in [-0.2, -0.15) is 0 Å². The number of hydrogen-bond donors (Lipinski definition) is 1. The Balaban J connectivity index is 2.19. The maximum absolute atomic E-state index is 12.7. The van der Waals surface area contributed by atoms with Gasteiger partial charge in [-0.3, -0.25) is 4.79 Å². The molecule has 0 atom stereocenters. The summed E-state index contributed by atoms with van der Waals surface area (Å²) in [5.41, 5.74) is 0.576. The van der Waals surface area contributed by atoms with Gasteiger partial charge in [-0.15, -0.1) is 0 Å². The van der Waals surface area contributed by atoms with Crippen LogP contribution in [0.1, 0.15) is 24.2 Å². The van der Waals surface area contributed by atoms with Crippen molar-refractivity contribution in [3.05, 3.63) is 48.0 Å². The van der Waals surface area contributed by atoms with E-state index in [1.165, 1.54) is 12.1 Å². The first-order chi connectivity index (χ1) is 13.8. The van der Waals surface area contributed by atoms with Gasteiger partial charge < -0.3 is 19.7 Å².